The van der Waals surface area contributed by atoms with Gasteiger partial charge in [0.2, 0.25) is 0 Å². The van der Waals surface area contributed by atoms with E-state index in [9.17, 15) is 9.59 Å². The Bertz CT molecular complexity index is 708. The van der Waals surface area contributed by atoms with E-state index in [1.165, 1.54) is 7.05 Å². The number of amides is 2. The summed E-state index contributed by atoms with van der Waals surface area (Å²) >= 11 is 1.59. The molecular weight excluding hydrogens is 274 g/mol. The summed E-state index contributed by atoms with van der Waals surface area (Å²) in [6.07, 6.45) is 0. The molecule has 2 amide bonds. The molecule has 1 aromatic carbocycles. The predicted molar refractivity (Wildman–Crippen MR) is 77.0 cm³/mol. The first-order chi connectivity index (χ1) is 9.56. The Hall–Kier alpha value is -2.21. The minimum Gasteiger partial charge on any atom is -0.379 e. The van der Waals surface area contributed by atoms with Crippen molar-refractivity contribution in [2.45, 2.75) is 13.5 Å². The van der Waals surface area contributed by atoms with Crippen LogP contribution in [0.25, 0.3) is 0 Å². The number of fused-ring (bicyclic) bond motifs is 1. The molecule has 5 nitrogen and oxygen atoms in total. The zero-order valence-electron chi connectivity index (χ0n) is 11.1. The Labute approximate surface area is 120 Å². The van der Waals surface area contributed by atoms with Crippen LogP contribution in [0.4, 0.5) is 5.69 Å². The van der Waals surface area contributed by atoms with Gasteiger partial charge in [-0.3, -0.25) is 14.5 Å². The average molecular weight is 287 g/mol. The van der Waals surface area contributed by atoms with Crippen molar-refractivity contribution in [3.63, 3.8) is 0 Å². The Morgan fingerprint density at radius 1 is 1.25 bits per heavy atom. The first kappa shape index (κ1) is 12.8. The molecule has 0 radical (unpaired) electrons. The van der Waals surface area contributed by atoms with Crippen molar-refractivity contribution in [2.24, 2.45) is 0 Å². The molecule has 6 heteroatoms. The van der Waals surface area contributed by atoms with Crippen molar-refractivity contribution in [1.82, 2.24) is 9.88 Å². The standard InChI is InChI=1S/C14H13N3O2S/c1-8-7-20-12(16-8)6-15-9-3-4-10-11(5-9)14(19)17(2)13(10)18/h3-5,7,15H,6H2,1-2H3. The highest BCUT2D eigenvalue weighted by molar-refractivity contribution is 7.09. The van der Waals surface area contributed by atoms with Gasteiger partial charge in [0.1, 0.15) is 5.01 Å². The van der Waals surface area contributed by atoms with Gasteiger partial charge in [-0.25, -0.2) is 4.98 Å². The van der Waals surface area contributed by atoms with Crippen molar-refractivity contribution < 1.29 is 9.59 Å². The molecule has 1 aromatic heterocycles. The van der Waals surface area contributed by atoms with Gasteiger partial charge < -0.3 is 5.32 Å². The predicted octanol–water partition coefficient (Wildman–Crippen LogP) is 2.29. The van der Waals surface area contributed by atoms with E-state index in [2.05, 4.69) is 10.3 Å². The minimum atomic E-state index is -0.251. The van der Waals surface area contributed by atoms with Crippen LogP contribution >= 0.6 is 11.3 Å². The third kappa shape index (κ3) is 2.08. The fourth-order valence-corrected chi connectivity index (χ4v) is 2.84. The molecule has 0 aliphatic carbocycles. The van der Waals surface area contributed by atoms with Crippen molar-refractivity contribution in [3.8, 4) is 0 Å². The second kappa shape index (κ2) is 4.72. The summed E-state index contributed by atoms with van der Waals surface area (Å²) in [5.74, 6) is -0.495. The van der Waals surface area contributed by atoms with E-state index in [0.29, 0.717) is 17.7 Å². The lowest BCUT2D eigenvalue weighted by molar-refractivity contribution is 0.0693. The monoisotopic (exact) mass is 287 g/mol. The van der Waals surface area contributed by atoms with Gasteiger partial charge in [-0.05, 0) is 25.1 Å². The number of hydrogen-bond donors (Lipinski definition) is 1. The number of rotatable bonds is 3. The lowest BCUT2D eigenvalue weighted by atomic mass is 10.1. The molecule has 0 unspecified atom stereocenters. The highest BCUT2D eigenvalue weighted by atomic mass is 32.1. The molecule has 0 atom stereocenters. The number of imide groups is 1. The van der Waals surface area contributed by atoms with Crippen LogP contribution in [-0.2, 0) is 6.54 Å². The first-order valence-corrected chi connectivity index (χ1v) is 7.05. The van der Waals surface area contributed by atoms with Gasteiger partial charge in [0.05, 0.1) is 17.7 Å². The van der Waals surface area contributed by atoms with Gasteiger partial charge in [-0.15, -0.1) is 11.3 Å². The topological polar surface area (TPSA) is 62.3 Å². The normalized spacial score (nSPS) is 13.8. The number of anilines is 1. The SMILES string of the molecule is Cc1csc(CNc2ccc3c(c2)C(=O)N(C)C3=O)n1. The summed E-state index contributed by atoms with van der Waals surface area (Å²) in [6, 6.07) is 5.22. The summed E-state index contributed by atoms with van der Waals surface area (Å²) in [6.45, 7) is 2.56. The van der Waals surface area contributed by atoms with Gasteiger partial charge in [-0.2, -0.15) is 0 Å². The molecule has 2 aromatic rings. The molecular formula is C14H13N3O2S. The number of carbonyl (C=O) groups is 2. The molecule has 0 saturated carbocycles. The van der Waals surface area contributed by atoms with E-state index in [4.69, 9.17) is 0 Å². The molecule has 1 N–H and O–H groups in total. The van der Waals surface area contributed by atoms with E-state index < -0.39 is 0 Å². The number of benzene rings is 1. The average Bonchev–Trinajstić information content (AvgIpc) is 2.95. The zero-order valence-corrected chi connectivity index (χ0v) is 12.0. The molecule has 0 bridgehead atoms. The van der Waals surface area contributed by atoms with Crippen LogP contribution in [0.3, 0.4) is 0 Å². The number of hydrogen-bond acceptors (Lipinski definition) is 5. The maximum absolute atomic E-state index is 11.9. The molecule has 102 valence electrons. The van der Waals surface area contributed by atoms with Gasteiger partial charge in [0, 0.05) is 23.8 Å². The van der Waals surface area contributed by atoms with Crippen LogP contribution in [0.2, 0.25) is 0 Å². The van der Waals surface area contributed by atoms with E-state index in [1.807, 2.05) is 18.4 Å². The Morgan fingerprint density at radius 3 is 2.70 bits per heavy atom. The molecule has 20 heavy (non-hydrogen) atoms. The lowest BCUT2D eigenvalue weighted by Gasteiger charge is -2.05. The summed E-state index contributed by atoms with van der Waals surface area (Å²) in [5.41, 5.74) is 2.74. The van der Waals surface area contributed by atoms with Crippen LogP contribution in [0.5, 0.6) is 0 Å². The van der Waals surface area contributed by atoms with E-state index in [-0.39, 0.29) is 11.8 Å². The van der Waals surface area contributed by atoms with Crippen LogP contribution in [-0.4, -0.2) is 28.7 Å². The zero-order chi connectivity index (χ0) is 14.3. The third-order valence-electron chi connectivity index (χ3n) is 3.20. The van der Waals surface area contributed by atoms with Crippen molar-refractivity contribution in [2.75, 3.05) is 12.4 Å². The fraction of sp³-hybridized carbons (Fsp3) is 0.214. The Morgan fingerprint density at radius 2 is 2.00 bits per heavy atom. The molecule has 3 rings (SSSR count). The van der Waals surface area contributed by atoms with Crippen LogP contribution in [0, 0.1) is 6.92 Å². The molecule has 2 heterocycles. The summed E-state index contributed by atoms with van der Waals surface area (Å²) in [4.78, 5) is 29.2. The maximum atomic E-state index is 11.9. The summed E-state index contributed by atoms with van der Waals surface area (Å²) < 4.78 is 0. The smallest absolute Gasteiger partial charge is 0.261 e. The fourth-order valence-electron chi connectivity index (χ4n) is 2.13. The van der Waals surface area contributed by atoms with Gasteiger partial charge in [0.25, 0.3) is 11.8 Å². The van der Waals surface area contributed by atoms with Crippen LogP contribution in [0.15, 0.2) is 23.6 Å². The first-order valence-electron chi connectivity index (χ1n) is 6.17. The largest absolute Gasteiger partial charge is 0.379 e. The number of nitrogens with zero attached hydrogens (tertiary/aromatic N) is 2. The molecule has 0 saturated heterocycles. The van der Waals surface area contributed by atoms with Gasteiger partial charge >= 0.3 is 0 Å². The highest BCUT2D eigenvalue weighted by Gasteiger charge is 2.32. The quantitative estimate of drug-likeness (QED) is 0.880. The molecule has 1 aliphatic rings. The molecule has 1 aliphatic heterocycles. The number of aryl methyl sites for hydroxylation is 1. The second-order valence-electron chi connectivity index (χ2n) is 4.67. The highest BCUT2D eigenvalue weighted by Crippen LogP contribution is 2.25. The molecule has 0 fully saturated rings. The number of carbonyl (C=O) groups excluding carboxylic acids is 2. The third-order valence-corrected chi connectivity index (χ3v) is 4.17. The van der Waals surface area contributed by atoms with Gasteiger partial charge in [0.15, 0.2) is 0 Å². The number of aromatic nitrogens is 1. The Balaban J connectivity index is 1.80. The minimum absolute atomic E-state index is 0.243. The van der Waals surface area contributed by atoms with Crippen molar-refractivity contribution >= 4 is 28.8 Å². The van der Waals surface area contributed by atoms with Gasteiger partial charge in [-0.1, -0.05) is 0 Å². The van der Waals surface area contributed by atoms with Crippen LogP contribution < -0.4 is 5.32 Å². The second-order valence-corrected chi connectivity index (χ2v) is 5.61. The summed E-state index contributed by atoms with van der Waals surface area (Å²) in [5, 5.41) is 6.21. The van der Waals surface area contributed by atoms with Crippen LogP contribution in [0.1, 0.15) is 31.4 Å². The maximum Gasteiger partial charge on any atom is 0.261 e. The number of nitrogens with one attached hydrogen (secondary N) is 1. The summed E-state index contributed by atoms with van der Waals surface area (Å²) in [7, 11) is 1.50. The van der Waals surface area contributed by atoms with Crippen molar-refractivity contribution in [1.29, 1.82) is 0 Å². The molecule has 0 spiro atoms. The lowest BCUT2D eigenvalue weighted by Crippen LogP contribution is -2.24. The van der Waals surface area contributed by atoms with Crippen molar-refractivity contribution in [3.05, 3.63) is 45.4 Å². The number of thiazole rings is 1. The van der Waals surface area contributed by atoms with E-state index in [0.717, 1.165) is 21.3 Å². The van der Waals surface area contributed by atoms with E-state index >= 15 is 0 Å². The van der Waals surface area contributed by atoms with E-state index in [1.54, 1.807) is 23.5 Å². The Kier molecular flexibility index (Phi) is 3.02.